The Morgan fingerprint density at radius 3 is 2.26 bits per heavy atom. The van der Waals surface area contributed by atoms with Crippen LogP contribution in [0.1, 0.15) is 36.2 Å². The molecular weight excluding hydrogens is 234 g/mol. The van der Waals surface area contributed by atoms with Gasteiger partial charge in [0, 0.05) is 6.20 Å². The first-order valence-corrected chi connectivity index (χ1v) is 6.68. The number of hydrogen-bond acceptors (Lipinski definition) is 2. The van der Waals surface area contributed by atoms with Crippen LogP contribution in [-0.2, 0) is 12.8 Å². The molecule has 2 heteroatoms. The summed E-state index contributed by atoms with van der Waals surface area (Å²) < 4.78 is 0. The van der Waals surface area contributed by atoms with Crippen LogP contribution < -0.4 is 0 Å². The summed E-state index contributed by atoms with van der Waals surface area (Å²) in [5, 5.41) is 10.1. The number of aryl methyl sites for hydroxylation is 2. The maximum Gasteiger partial charge on any atom is 0.121 e. The SMILES string of the molecule is CCc1cc(/C=C/c2ccccn2)cc(CC)c1O. The molecule has 0 amide bonds. The van der Waals surface area contributed by atoms with Crippen LogP contribution in [-0.4, -0.2) is 10.1 Å². The van der Waals surface area contributed by atoms with Gasteiger partial charge in [0.25, 0.3) is 0 Å². The van der Waals surface area contributed by atoms with Crippen molar-refractivity contribution in [2.45, 2.75) is 26.7 Å². The molecule has 0 atom stereocenters. The van der Waals surface area contributed by atoms with Gasteiger partial charge in [-0.1, -0.05) is 26.0 Å². The molecule has 98 valence electrons. The largest absolute Gasteiger partial charge is 0.507 e. The summed E-state index contributed by atoms with van der Waals surface area (Å²) in [4.78, 5) is 4.26. The van der Waals surface area contributed by atoms with Gasteiger partial charge in [-0.05, 0) is 59.9 Å². The first-order valence-electron chi connectivity index (χ1n) is 6.68. The van der Waals surface area contributed by atoms with Crippen LogP contribution in [0, 0.1) is 0 Å². The molecule has 2 nitrogen and oxygen atoms in total. The summed E-state index contributed by atoms with van der Waals surface area (Å²) in [7, 11) is 0. The molecule has 0 fully saturated rings. The molecule has 1 heterocycles. The van der Waals surface area contributed by atoms with Crippen LogP contribution >= 0.6 is 0 Å². The highest BCUT2D eigenvalue weighted by Gasteiger charge is 2.06. The predicted octanol–water partition coefficient (Wildman–Crippen LogP) is 4.08. The fourth-order valence-corrected chi connectivity index (χ4v) is 2.08. The van der Waals surface area contributed by atoms with Gasteiger partial charge < -0.3 is 5.11 Å². The van der Waals surface area contributed by atoms with Crippen molar-refractivity contribution in [2.75, 3.05) is 0 Å². The molecule has 2 rings (SSSR count). The van der Waals surface area contributed by atoms with E-state index in [2.05, 4.69) is 18.8 Å². The Hall–Kier alpha value is -2.09. The van der Waals surface area contributed by atoms with E-state index in [1.165, 1.54) is 0 Å². The molecular formula is C17H19NO. The lowest BCUT2D eigenvalue weighted by atomic mass is 10.00. The number of phenolic OH excluding ortho intramolecular Hbond substituents is 1. The molecule has 0 unspecified atom stereocenters. The number of hydrogen-bond donors (Lipinski definition) is 1. The minimum absolute atomic E-state index is 0.444. The Balaban J connectivity index is 2.33. The van der Waals surface area contributed by atoms with E-state index in [-0.39, 0.29) is 0 Å². The van der Waals surface area contributed by atoms with Crippen molar-refractivity contribution < 1.29 is 5.11 Å². The zero-order valence-corrected chi connectivity index (χ0v) is 11.4. The third-order valence-corrected chi connectivity index (χ3v) is 3.19. The van der Waals surface area contributed by atoms with Gasteiger partial charge in [-0.25, -0.2) is 0 Å². The highest BCUT2D eigenvalue weighted by molar-refractivity contribution is 5.69. The lowest BCUT2D eigenvalue weighted by molar-refractivity contribution is 0.462. The monoisotopic (exact) mass is 253 g/mol. The molecule has 0 radical (unpaired) electrons. The van der Waals surface area contributed by atoms with Gasteiger partial charge in [-0.2, -0.15) is 0 Å². The Morgan fingerprint density at radius 2 is 1.74 bits per heavy atom. The Morgan fingerprint density at radius 1 is 1.05 bits per heavy atom. The van der Waals surface area contributed by atoms with E-state index in [0.717, 1.165) is 35.2 Å². The quantitative estimate of drug-likeness (QED) is 0.890. The third-order valence-electron chi connectivity index (χ3n) is 3.19. The second kappa shape index (κ2) is 6.19. The average Bonchev–Trinajstić information content (AvgIpc) is 2.47. The molecule has 0 aliphatic rings. The summed E-state index contributed by atoms with van der Waals surface area (Å²) >= 11 is 0. The van der Waals surface area contributed by atoms with E-state index in [1.807, 2.05) is 42.5 Å². The van der Waals surface area contributed by atoms with Gasteiger partial charge >= 0.3 is 0 Å². The minimum atomic E-state index is 0.444. The van der Waals surface area contributed by atoms with Crippen molar-refractivity contribution in [3.05, 3.63) is 58.9 Å². The molecule has 0 aliphatic heterocycles. The zero-order chi connectivity index (χ0) is 13.7. The highest BCUT2D eigenvalue weighted by atomic mass is 16.3. The first kappa shape index (κ1) is 13.3. The Kier molecular flexibility index (Phi) is 4.35. The number of pyridine rings is 1. The van der Waals surface area contributed by atoms with E-state index in [4.69, 9.17) is 0 Å². The van der Waals surface area contributed by atoms with Crippen LogP contribution in [0.15, 0.2) is 36.5 Å². The minimum Gasteiger partial charge on any atom is -0.507 e. The molecule has 2 aromatic rings. The number of aromatic nitrogens is 1. The van der Waals surface area contributed by atoms with Crippen LogP contribution in [0.25, 0.3) is 12.2 Å². The van der Waals surface area contributed by atoms with Crippen molar-refractivity contribution in [2.24, 2.45) is 0 Å². The molecule has 1 aromatic heterocycles. The smallest absolute Gasteiger partial charge is 0.121 e. The van der Waals surface area contributed by atoms with Crippen LogP contribution in [0.4, 0.5) is 0 Å². The molecule has 19 heavy (non-hydrogen) atoms. The molecule has 0 bridgehead atoms. The van der Waals surface area contributed by atoms with Crippen molar-refractivity contribution in [1.29, 1.82) is 0 Å². The van der Waals surface area contributed by atoms with E-state index in [9.17, 15) is 5.11 Å². The summed E-state index contributed by atoms with van der Waals surface area (Å²) in [5.74, 6) is 0.444. The van der Waals surface area contributed by atoms with Crippen molar-refractivity contribution in [1.82, 2.24) is 4.98 Å². The van der Waals surface area contributed by atoms with E-state index < -0.39 is 0 Å². The van der Waals surface area contributed by atoms with Crippen molar-refractivity contribution in [3.63, 3.8) is 0 Å². The van der Waals surface area contributed by atoms with Gasteiger partial charge in [-0.3, -0.25) is 4.98 Å². The Bertz CT molecular complexity index is 548. The van der Waals surface area contributed by atoms with Gasteiger partial charge in [0.05, 0.1) is 5.69 Å². The second-order valence-corrected chi connectivity index (χ2v) is 4.48. The summed E-state index contributed by atoms with van der Waals surface area (Å²) in [6, 6.07) is 9.92. The normalized spacial score (nSPS) is 11.1. The molecule has 0 saturated heterocycles. The zero-order valence-electron chi connectivity index (χ0n) is 11.4. The number of aromatic hydroxyl groups is 1. The molecule has 0 spiro atoms. The van der Waals surface area contributed by atoms with E-state index >= 15 is 0 Å². The standard InChI is InChI=1S/C17H19NO/c1-3-14-11-13(12-15(4-2)17(14)19)8-9-16-7-5-6-10-18-16/h5-12,19H,3-4H2,1-2H3/b9-8+. The predicted molar refractivity (Wildman–Crippen MR) is 80.0 cm³/mol. The summed E-state index contributed by atoms with van der Waals surface area (Å²) in [6.45, 7) is 4.11. The molecule has 0 aliphatic carbocycles. The second-order valence-electron chi connectivity index (χ2n) is 4.48. The summed E-state index contributed by atoms with van der Waals surface area (Å²) in [5.41, 5.74) is 4.05. The average molecular weight is 253 g/mol. The van der Waals surface area contributed by atoms with E-state index in [0.29, 0.717) is 5.75 Å². The number of benzene rings is 1. The van der Waals surface area contributed by atoms with Gasteiger partial charge in [0.1, 0.15) is 5.75 Å². The molecule has 1 aromatic carbocycles. The maximum absolute atomic E-state index is 10.1. The van der Waals surface area contributed by atoms with Crippen LogP contribution in [0.3, 0.4) is 0 Å². The molecule has 0 saturated carbocycles. The van der Waals surface area contributed by atoms with Crippen LogP contribution in [0.2, 0.25) is 0 Å². The summed E-state index contributed by atoms with van der Waals surface area (Å²) in [6.07, 6.45) is 7.49. The third kappa shape index (κ3) is 3.22. The van der Waals surface area contributed by atoms with Gasteiger partial charge in [0.2, 0.25) is 0 Å². The highest BCUT2D eigenvalue weighted by Crippen LogP contribution is 2.26. The van der Waals surface area contributed by atoms with Gasteiger partial charge in [-0.15, -0.1) is 0 Å². The first-order chi connectivity index (χ1) is 9.24. The maximum atomic E-state index is 10.1. The van der Waals surface area contributed by atoms with Gasteiger partial charge in [0.15, 0.2) is 0 Å². The fraction of sp³-hybridized carbons (Fsp3) is 0.235. The lowest BCUT2D eigenvalue weighted by Gasteiger charge is -2.09. The lowest BCUT2D eigenvalue weighted by Crippen LogP contribution is -1.90. The number of nitrogens with zero attached hydrogens (tertiary/aromatic N) is 1. The Labute approximate surface area is 114 Å². The van der Waals surface area contributed by atoms with E-state index in [1.54, 1.807) is 6.20 Å². The van der Waals surface area contributed by atoms with Crippen molar-refractivity contribution >= 4 is 12.2 Å². The van der Waals surface area contributed by atoms with Crippen LogP contribution in [0.5, 0.6) is 5.75 Å². The number of phenols is 1. The van der Waals surface area contributed by atoms with Crippen molar-refractivity contribution in [3.8, 4) is 5.75 Å². The number of rotatable bonds is 4. The topological polar surface area (TPSA) is 33.1 Å². The molecule has 1 N–H and O–H groups in total. The fourth-order valence-electron chi connectivity index (χ4n) is 2.08.